The molecule has 2 aliphatic carbocycles. The van der Waals surface area contributed by atoms with Gasteiger partial charge in [0.25, 0.3) is 11.8 Å². The molecule has 4 rings (SSSR count). The average Bonchev–Trinajstić information content (AvgIpc) is 3.05. The van der Waals surface area contributed by atoms with E-state index in [1.165, 1.54) is 23.9 Å². The Bertz CT molecular complexity index is 734. The van der Waals surface area contributed by atoms with Gasteiger partial charge < -0.3 is 15.1 Å². The molecule has 0 radical (unpaired) electrons. The van der Waals surface area contributed by atoms with E-state index in [0.29, 0.717) is 16.6 Å². The molecular weight excluding hydrogens is 314 g/mol. The summed E-state index contributed by atoms with van der Waals surface area (Å²) in [6.07, 6.45) is 7.42. The predicted octanol–water partition coefficient (Wildman–Crippen LogP) is 1.92. The molecule has 0 unspecified atom stereocenters. The number of rotatable bonds is 4. The van der Waals surface area contributed by atoms with Crippen molar-refractivity contribution in [3.05, 3.63) is 39.7 Å². The molecule has 0 bridgehead atoms. The summed E-state index contributed by atoms with van der Waals surface area (Å²) < 4.78 is 4.93. The summed E-state index contributed by atoms with van der Waals surface area (Å²) in [5.41, 5.74) is 1.54. The zero-order valence-electron chi connectivity index (χ0n) is 12.5. The average molecular weight is 331 g/mol. The van der Waals surface area contributed by atoms with Crippen LogP contribution >= 0.6 is 11.3 Å². The third-order valence-corrected chi connectivity index (χ3v) is 5.28. The standard InChI is InChI=1S/C16H17N3O3S/c20-14(9-5-6-22-8-9)18-11-3-4-12-13(7-11)23-16(19-12)15(21)17-10-1-2-10/h5-6,8,10-11H,1-4,7H2,(H,17,21)(H,18,20)/t11-/m1/s1. The van der Waals surface area contributed by atoms with Crippen LogP contribution in [0.15, 0.2) is 23.0 Å². The molecule has 0 saturated heterocycles. The van der Waals surface area contributed by atoms with Crippen LogP contribution < -0.4 is 10.6 Å². The lowest BCUT2D eigenvalue weighted by Gasteiger charge is -2.22. The van der Waals surface area contributed by atoms with Gasteiger partial charge in [-0.2, -0.15) is 0 Å². The van der Waals surface area contributed by atoms with Crippen LogP contribution in [0.2, 0.25) is 0 Å². The van der Waals surface area contributed by atoms with Gasteiger partial charge in [0, 0.05) is 23.4 Å². The molecule has 2 heterocycles. The van der Waals surface area contributed by atoms with E-state index in [-0.39, 0.29) is 17.9 Å². The Hall–Kier alpha value is -2.15. The molecule has 1 atom stereocenters. The summed E-state index contributed by atoms with van der Waals surface area (Å²) >= 11 is 1.45. The van der Waals surface area contributed by atoms with E-state index >= 15 is 0 Å². The van der Waals surface area contributed by atoms with E-state index in [1.54, 1.807) is 6.07 Å². The minimum Gasteiger partial charge on any atom is -0.472 e. The SMILES string of the molecule is O=C(N[C@@H]1CCc2nc(C(=O)NC3CC3)sc2C1)c1ccoc1. The number of aromatic nitrogens is 1. The van der Waals surface area contributed by atoms with Crippen LogP contribution in [0.25, 0.3) is 0 Å². The van der Waals surface area contributed by atoms with Gasteiger partial charge in [0.2, 0.25) is 0 Å². The summed E-state index contributed by atoms with van der Waals surface area (Å²) in [6, 6.07) is 2.06. The van der Waals surface area contributed by atoms with E-state index < -0.39 is 0 Å². The molecule has 2 N–H and O–H groups in total. The topological polar surface area (TPSA) is 84.2 Å². The molecule has 2 aromatic rings. The van der Waals surface area contributed by atoms with Gasteiger partial charge in [0.05, 0.1) is 17.5 Å². The van der Waals surface area contributed by atoms with Crippen molar-refractivity contribution in [1.82, 2.24) is 15.6 Å². The molecule has 6 nitrogen and oxygen atoms in total. The smallest absolute Gasteiger partial charge is 0.280 e. The number of furan rings is 1. The lowest BCUT2D eigenvalue weighted by Crippen LogP contribution is -2.38. The maximum atomic E-state index is 12.1. The second-order valence-corrected chi connectivity index (χ2v) is 7.15. The maximum Gasteiger partial charge on any atom is 0.280 e. The van der Waals surface area contributed by atoms with Gasteiger partial charge in [-0.05, 0) is 31.7 Å². The first kappa shape index (κ1) is 14.4. The van der Waals surface area contributed by atoms with Gasteiger partial charge in [-0.3, -0.25) is 9.59 Å². The minimum atomic E-state index is -0.122. The Balaban J connectivity index is 1.41. The Kier molecular flexibility index (Phi) is 3.65. The first-order chi connectivity index (χ1) is 11.2. The summed E-state index contributed by atoms with van der Waals surface area (Å²) in [6.45, 7) is 0. The van der Waals surface area contributed by atoms with Gasteiger partial charge in [0.1, 0.15) is 6.26 Å². The van der Waals surface area contributed by atoms with Crippen LogP contribution in [0.4, 0.5) is 0 Å². The predicted molar refractivity (Wildman–Crippen MR) is 84.6 cm³/mol. The third-order valence-electron chi connectivity index (χ3n) is 4.17. The summed E-state index contributed by atoms with van der Waals surface area (Å²) in [5.74, 6) is -0.186. The van der Waals surface area contributed by atoms with Gasteiger partial charge in [-0.1, -0.05) is 0 Å². The van der Waals surface area contributed by atoms with E-state index in [1.807, 2.05) is 0 Å². The quantitative estimate of drug-likeness (QED) is 0.896. The molecule has 120 valence electrons. The third kappa shape index (κ3) is 3.14. The first-order valence-corrected chi connectivity index (χ1v) is 8.63. The van der Waals surface area contributed by atoms with Crippen molar-refractivity contribution in [3.63, 3.8) is 0 Å². The fourth-order valence-electron chi connectivity index (χ4n) is 2.73. The molecule has 1 fully saturated rings. The second-order valence-electron chi connectivity index (χ2n) is 6.06. The molecule has 1 saturated carbocycles. The number of nitrogens with zero attached hydrogens (tertiary/aromatic N) is 1. The van der Waals surface area contributed by atoms with Crippen molar-refractivity contribution < 1.29 is 14.0 Å². The van der Waals surface area contributed by atoms with Crippen molar-refractivity contribution in [2.75, 3.05) is 0 Å². The Morgan fingerprint density at radius 2 is 2.00 bits per heavy atom. The van der Waals surface area contributed by atoms with Crippen LogP contribution in [0, 0.1) is 0 Å². The van der Waals surface area contributed by atoms with Crippen molar-refractivity contribution in [3.8, 4) is 0 Å². The van der Waals surface area contributed by atoms with Crippen molar-refractivity contribution >= 4 is 23.2 Å². The number of hydrogen-bond donors (Lipinski definition) is 2. The number of fused-ring (bicyclic) bond motifs is 1. The fourth-order valence-corrected chi connectivity index (χ4v) is 3.82. The molecule has 23 heavy (non-hydrogen) atoms. The Morgan fingerprint density at radius 1 is 1.17 bits per heavy atom. The second kappa shape index (κ2) is 5.81. The highest BCUT2D eigenvalue weighted by Gasteiger charge is 2.28. The van der Waals surface area contributed by atoms with E-state index in [4.69, 9.17) is 4.42 Å². The Labute approximate surface area is 137 Å². The first-order valence-electron chi connectivity index (χ1n) is 7.81. The largest absolute Gasteiger partial charge is 0.472 e. The number of carbonyl (C=O) groups is 2. The van der Waals surface area contributed by atoms with E-state index in [2.05, 4.69) is 15.6 Å². The summed E-state index contributed by atoms with van der Waals surface area (Å²) in [5, 5.41) is 6.54. The Morgan fingerprint density at radius 3 is 2.74 bits per heavy atom. The highest BCUT2D eigenvalue weighted by Crippen LogP contribution is 2.28. The molecule has 2 aromatic heterocycles. The van der Waals surface area contributed by atoms with Crippen molar-refractivity contribution in [2.24, 2.45) is 0 Å². The van der Waals surface area contributed by atoms with Crippen molar-refractivity contribution in [1.29, 1.82) is 0 Å². The lowest BCUT2D eigenvalue weighted by atomic mass is 9.97. The number of amides is 2. The molecule has 0 aliphatic heterocycles. The van der Waals surface area contributed by atoms with Crippen molar-refractivity contribution in [2.45, 2.75) is 44.2 Å². The van der Waals surface area contributed by atoms with Gasteiger partial charge in [-0.15, -0.1) is 11.3 Å². The number of carbonyl (C=O) groups excluding carboxylic acids is 2. The molecular formula is C16H17N3O3S. The van der Waals surface area contributed by atoms with Gasteiger partial charge in [0.15, 0.2) is 5.01 Å². The highest BCUT2D eigenvalue weighted by molar-refractivity contribution is 7.13. The number of nitrogens with one attached hydrogen (secondary N) is 2. The van der Waals surface area contributed by atoms with Gasteiger partial charge in [-0.25, -0.2) is 4.98 Å². The maximum absolute atomic E-state index is 12.1. The molecule has 2 aliphatic rings. The zero-order chi connectivity index (χ0) is 15.8. The van der Waals surface area contributed by atoms with Crippen LogP contribution in [-0.2, 0) is 12.8 Å². The molecule has 2 amide bonds. The van der Waals surface area contributed by atoms with Gasteiger partial charge >= 0.3 is 0 Å². The zero-order valence-corrected chi connectivity index (χ0v) is 13.3. The normalized spacial score (nSPS) is 19.9. The number of thiazole rings is 1. The summed E-state index contributed by atoms with van der Waals surface area (Å²) in [4.78, 5) is 29.7. The molecule has 7 heteroatoms. The number of hydrogen-bond acceptors (Lipinski definition) is 5. The van der Waals surface area contributed by atoms with Crippen LogP contribution in [0.1, 0.15) is 50.0 Å². The molecule has 0 aromatic carbocycles. The lowest BCUT2D eigenvalue weighted by molar-refractivity contribution is 0.0930. The van der Waals surface area contributed by atoms with Crippen LogP contribution in [-0.4, -0.2) is 28.9 Å². The van der Waals surface area contributed by atoms with E-state index in [0.717, 1.165) is 42.7 Å². The molecule has 0 spiro atoms. The number of aryl methyl sites for hydroxylation is 1. The fraction of sp³-hybridized carbons (Fsp3) is 0.438. The van der Waals surface area contributed by atoms with Crippen LogP contribution in [0.3, 0.4) is 0 Å². The highest BCUT2D eigenvalue weighted by atomic mass is 32.1. The summed E-state index contributed by atoms with van der Waals surface area (Å²) in [7, 11) is 0. The monoisotopic (exact) mass is 331 g/mol. The van der Waals surface area contributed by atoms with E-state index in [9.17, 15) is 9.59 Å². The minimum absolute atomic E-state index is 0.0640. The van der Waals surface area contributed by atoms with Crippen LogP contribution in [0.5, 0.6) is 0 Å².